The molecule has 96 valence electrons. The van der Waals surface area contributed by atoms with Gasteiger partial charge in [0.2, 0.25) is 0 Å². The zero-order valence-corrected chi connectivity index (χ0v) is 11.3. The standard InChI is InChI=1S/C14H23FN2/c1-5-16-13(8-9-14(2,3)4)12-7-6-11(15)10-17-12/h6-7,10,13,16H,5,8-9H2,1-4H3. The summed E-state index contributed by atoms with van der Waals surface area (Å²) in [5.41, 5.74) is 1.24. The molecule has 0 radical (unpaired) electrons. The summed E-state index contributed by atoms with van der Waals surface area (Å²) in [7, 11) is 0. The van der Waals surface area contributed by atoms with Crippen LogP contribution in [0.2, 0.25) is 0 Å². The number of hydrogen-bond acceptors (Lipinski definition) is 2. The van der Waals surface area contributed by atoms with E-state index in [1.807, 2.05) is 0 Å². The Labute approximate surface area is 104 Å². The average molecular weight is 238 g/mol. The summed E-state index contributed by atoms with van der Waals surface area (Å²) in [5.74, 6) is -0.278. The van der Waals surface area contributed by atoms with Gasteiger partial charge in [-0.3, -0.25) is 4.98 Å². The lowest BCUT2D eigenvalue weighted by atomic mass is 9.88. The zero-order chi connectivity index (χ0) is 12.9. The van der Waals surface area contributed by atoms with Crippen LogP contribution >= 0.6 is 0 Å². The third-order valence-electron chi connectivity index (χ3n) is 2.74. The summed E-state index contributed by atoms with van der Waals surface area (Å²) < 4.78 is 12.8. The molecule has 0 spiro atoms. The van der Waals surface area contributed by atoms with E-state index >= 15 is 0 Å². The second-order valence-corrected chi connectivity index (χ2v) is 5.61. The summed E-state index contributed by atoms with van der Waals surface area (Å²) >= 11 is 0. The van der Waals surface area contributed by atoms with Crippen LogP contribution in [-0.2, 0) is 0 Å². The van der Waals surface area contributed by atoms with Crippen molar-refractivity contribution in [1.82, 2.24) is 10.3 Å². The Balaban J connectivity index is 2.68. The van der Waals surface area contributed by atoms with Crippen molar-refractivity contribution in [2.24, 2.45) is 5.41 Å². The summed E-state index contributed by atoms with van der Waals surface area (Å²) in [6.07, 6.45) is 3.43. The zero-order valence-electron chi connectivity index (χ0n) is 11.3. The lowest BCUT2D eigenvalue weighted by Crippen LogP contribution is -2.23. The van der Waals surface area contributed by atoms with Gasteiger partial charge in [-0.1, -0.05) is 27.7 Å². The van der Waals surface area contributed by atoms with Crippen LogP contribution in [-0.4, -0.2) is 11.5 Å². The Morgan fingerprint density at radius 1 is 1.35 bits per heavy atom. The molecule has 0 aliphatic heterocycles. The molecule has 0 aliphatic carbocycles. The molecule has 0 saturated heterocycles. The maximum atomic E-state index is 12.8. The van der Waals surface area contributed by atoms with Crippen LogP contribution in [0.5, 0.6) is 0 Å². The highest BCUT2D eigenvalue weighted by atomic mass is 19.1. The molecule has 3 heteroatoms. The minimum Gasteiger partial charge on any atom is -0.309 e. The summed E-state index contributed by atoms with van der Waals surface area (Å²) in [6.45, 7) is 9.66. The lowest BCUT2D eigenvalue weighted by molar-refractivity contribution is 0.331. The fourth-order valence-electron chi connectivity index (χ4n) is 1.77. The first-order chi connectivity index (χ1) is 7.92. The van der Waals surface area contributed by atoms with E-state index in [0.29, 0.717) is 5.41 Å². The molecule has 0 fully saturated rings. The number of hydrogen-bond donors (Lipinski definition) is 1. The molecule has 0 amide bonds. The van der Waals surface area contributed by atoms with Crippen LogP contribution in [0.15, 0.2) is 18.3 Å². The molecule has 0 saturated carbocycles. The van der Waals surface area contributed by atoms with Crippen molar-refractivity contribution >= 4 is 0 Å². The molecule has 1 aromatic rings. The highest BCUT2D eigenvalue weighted by molar-refractivity contribution is 5.09. The molecule has 1 aromatic heterocycles. The minimum atomic E-state index is -0.278. The fourth-order valence-corrected chi connectivity index (χ4v) is 1.77. The van der Waals surface area contributed by atoms with Crippen LogP contribution in [0.3, 0.4) is 0 Å². The van der Waals surface area contributed by atoms with Crippen molar-refractivity contribution in [3.05, 3.63) is 29.8 Å². The molecule has 1 rings (SSSR count). The first-order valence-corrected chi connectivity index (χ1v) is 6.27. The normalized spacial score (nSPS) is 13.7. The molecular formula is C14H23FN2. The molecule has 1 atom stereocenters. The van der Waals surface area contributed by atoms with Crippen molar-refractivity contribution in [3.63, 3.8) is 0 Å². The van der Waals surface area contributed by atoms with Gasteiger partial charge in [-0.25, -0.2) is 4.39 Å². The number of aromatic nitrogens is 1. The predicted octanol–water partition coefficient (Wildman–Crippen LogP) is 3.70. The van der Waals surface area contributed by atoms with Crippen LogP contribution in [0.4, 0.5) is 4.39 Å². The highest BCUT2D eigenvalue weighted by Gasteiger charge is 2.17. The van der Waals surface area contributed by atoms with Gasteiger partial charge in [0.05, 0.1) is 11.9 Å². The lowest BCUT2D eigenvalue weighted by Gasteiger charge is -2.23. The van der Waals surface area contributed by atoms with Crippen molar-refractivity contribution in [3.8, 4) is 0 Å². The molecule has 1 unspecified atom stereocenters. The van der Waals surface area contributed by atoms with E-state index in [-0.39, 0.29) is 11.9 Å². The first kappa shape index (κ1) is 14.1. The molecule has 0 aliphatic rings. The van der Waals surface area contributed by atoms with Crippen LogP contribution in [0, 0.1) is 11.2 Å². The molecular weight excluding hydrogens is 215 g/mol. The first-order valence-electron chi connectivity index (χ1n) is 6.27. The Bertz CT molecular complexity index is 327. The topological polar surface area (TPSA) is 24.9 Å². The minimum absolute atomic E-state index is 0.222. The summed E-state index contributed by atoms with van der Waals surface area (Å²) in [6, 6.07) is 3.47. The number of nitrogens with zero attached hydrogens (tertiary/aromatic N) is 1. The van der Waals surface area contributed by atoms with Crippen LogP contribution in [0.25, 0.3) is 0 Å². The molecule has 1 heterocycles. The van der Waals surface area contributed by atoms with E-state index < -0.39 is 0 Å². The van der Waals surface area contributed by atoms with Gasteiger partial charge in [0.1, 0.15) is 5.82 Å². The maximum Gasteiger partial charge on any atom is 0.141 e. The maximum absolute atomic E-state index is 12.8. The number of halogens is 1. The number of rotatable bonds is 5. The Morgan fingerprint density at radius 3 is 2.53 bits per heavy atom. The van der Waals surface area contributed by atoms with Gasteiger partial charge in [-0.2, -0.15) is 0 Å². The second-order valence-electron chi connectivity index (χ2n) is 5.61. The molecule has 17 heavy (non-hydrogen) atoms. The predicted molar refractivity (Wildman–Crippen MR) is 69.3 cm³/mol. The second kappa shape index (κ2) is 6.10. The van der Waals surface area contributed by atoms with Gasteiger partial charge in [-0.15, -0.1) is 0 Å². The number of nitrogens with one attached hydrogen (secondary N) is 1. The van der Waals surface area contributed by atoms with Gasteiger partial charge in [0.25, 0.3) is 0 Å². The van der Waals surface area contributed by atoms with Crippen molar-refractivity contribution < 1.29 is 4.39 Å². The molecule has 0 aromatic carbocycles. The van der Waals surface area contributed by atoms with Crippen LogP contribution < -0.4 is 5.32 Å². The van der Waals surface area contributed by atoms with E-state index in [9.17, 15) is 4.39 Å². The smallest absolute Gasteiger partial charge is 0.141 e. The van der Waals surface area contributed by atoms with Gasteiger partial charge in [-0.05, 0) is 36.9 Å². The summed E-state index contributed by atoms with van der Waals surface area (Å²) in [5, 5.41) is 3.41. The van der Waals surface area contributed by atoms with Gasteiger partial charge in [0, 0.05) is 6.04 Å². The largest absolute Gasteiger partial charge is 0.309 e. The Kier molecular flexibility index (Phi) is 5.06. The molecule has 2 nitrogen and oxygen atoms in total. The van der Waals surface area contributed by atoms with Crippen molar-refractivity contribution in [2.45, 2.75) is 46.6 Å². The quantitative estimate of drug-likeness (QED) is 0.846. The summed E-state index contributed by atoms with van der Waals surface area (Å²) in [4.78, 5) is 4.16. The Hall–Kier alpha value is -0.960. The third-order valence-corrected chi connectivity index (χ3v) is 2.74. The van der Waals surface area contributed by atoms with E-state index in [4.69, 9.17) is 0 Å². The van der Waals surface area contributed by atoms with Crippen LogP contribution in [0.1, 0.15) is 52.3 Å². The SMILES string of the molecule is CCNC(CCC(C)(C)C)c1ccc(F)cn1. The molecule has 1 N–H and O–H groups in total. The van der Waals surface area contributed by atoms with E-state index in [1.165, 1.54) is 12.3 Å². The average Bonchev–Trinajstić information content (AvgIpc) is 2.24. The Morgan fingerprint density at radius 2 is 2.06 bits per heavy atom. The van der Waals surface area contributed by atoms with E-state index in [2.05, 4.69) is 38.0 Å². The van der Waals surface area contributed by atoms with E-state index in [0.717, 1.165) is 25.1 Å². The van der Waals surface area contributed by atoms with Gasteiger partial charge < -0.3 is 5.32 Å². The van der Waals surface area contributed by atoms with E-state index in [1.54, 1.807) is 6.07 Å². The highest BCUT2D eigenvalue weighted by Crippen LogP contribution is 2.26. The van der Waals surface area contributed by atoms with Crippen molar-refractivity contribution in [2.75, 3.05) is 6.54 Å². The molecule has 0 bridgehead atoms. The van der Waals surface area contributed by atoms with Gasteiger partial charge in [0.15, 0.2) is 0 Å². The monoisotopic (exact) mass is 238 g/mol. The third kappa shape index (κ3) is 5.26. The fraction of sp³-hybridized carbons (Fsp3) is 0.643. The van der Waals surface area contributed by atoms with Gasteiger partial charge >= 0.3 is 0 Å². The number of pyridine rings is 1. The van der Waals surface area contributed by atoms with Crippen molar-refractivity contribution in [1.29, 1.82) is 0 Å².